The Balaban J connectivity index is 1.14. The molecule has 1 spiro atoms. The first kappa shape index (κ1) is 83.2. The summed E-state index contributed by atoms with van der Waals surface area (Å²) in [5, 5.41) is 21.8. The predicted octanol–water partition coefficient (Wildman–Crippen LogP) is 6.34. The van der Waals surface area contributed by atoms with Crippen molar-refractivity contribution in [1.29, 1.82) is 0 Å². The highest BCUT2D eigenvalue weighted by Gasteiger charge is 2.54. The van der Waals surface area contributed by atoms with Gasteiger partial charge in [-0.1, -0.05) is 70.3 Å². The van der Waals surface area contributed by atoms with Crippen LogP contribution in [0.2, 0.25) is 0 Å². The van der Waals surface area contributed by atoms with Crippen LogP contribution in [0.25, 0.3) is 0 Å². The molecule has 14 atom stereocenters. The minimum Gasteiger partial charge on any atom is -0.377 e. The molecule has 10 rings (SSSR count). The van der Waals surface area contributed by atoms with E-state index in [1.807, 2.05) is 32.9 Å². The molecule has 27 heteroatoms. The Morgan fingerprint density at radius 2 is 1.30 bits per heavy atom. The Hall–Kier alpha value is -5.89. The number of halogens is 2. The predicted molar refractivity (Wildman–Crippen MR) is 400 cm³/mol. The summed E-state index contributed by atoms with van der Waals surface area (Å²) in [6, 6.07) is -9.01. The first-order valence-electron chi connectivity index (χ1n) is 39.9. The molecule has 0 radical (unpaired) electrons. The molecule has 11 amide bonds. The second-order valence-corrected chi connectivity index (χ2v) is 33.5. The zero-order valence-corrected chi connectivity index (χ0v) is 65.7. The zero-order valence-electron chi connectivity index (χ0n) is 64.2. The fraction of sp³-hybridized carbons (Fsp3) is 0.808. The van der Waals surface area contributed by atoms with E-state index in [0.29, 0.717) is 77.3 Å². The average Bonchev–Trinajstić information content (AvgIpc) is 1.63. The molecule has 3 saturated heterocycles. The number of allylic oxidation sites excluding steroid dienone is 2. The normalized spacial score (nSPS) is 34.3. The zero-order chi connectivity index (χ0) is 76.0. The van der Waals surface area contributed by atoms with Gasteiger partial charge in [-0.3, -0.25) is 57.6 Å². The minimum atomic E-state index is -1.51. The van der Waals surface area contributed by atoms with Gasteiger partial charge in [-0.2, -0.15) is 0 Å². The molecule has 0 aromatic heterocycles. The van der Waals surface area contributed by atoms with Gasteiger partial charge in [-0.25, -0.2) is 0 Å². The molecule has 105 heavy (non-hydrogen) atoms. The van der Waals surface area contributed by atoms with Crippen molar-refractivity contribution < 1.29 is 62.6 Å². The maximum absolute atomic E-state index is 15.7. The standard InChI is InChI=1S/C78H124Cl2N12O13/c1-10-50(3)67-75(102)85(5)49-66(95)87(7)60-29-18-15-21-42-91(74(60)101)63-44-53-32-30-51(31-33-53)25-16-13-12-14-17-28-59(69(96)82-67)86(6)65(94)46-62(73(100)90-40-22-23-41-90)88(8)76(103)68(54-26-19-20-27-54)89(9)77(104)78(38-24-39-78)83-70(97)61-45-55(105-11-2)47-92(61)71(98)58(81-64(93)48-84(4)72(63)99)37-35-52-34-36-56(79)57(80)43-52/h15-16,18,25,50-63,67-68,76,103H,10-14,17,19-24,26-49H2,1-9H3,(H,81,93)(H,82,96)(H,83,97)/b18-15-,25-16+/t50-,51?,52?,53?,55+,56?,57?,58-,59-,60-,61-,62-,63-,67-,68-,76?/m0/s1. The summed E-state index contributed by atoms with van der Waals surface area (Å²) in [6.07, 6.45) is 21.3. The Labute approximate surface area is 633 Å². The van der Waals surface area contributed by atoms with E-state index in [4.69, 9.17) is 27.9 Å². The lowest BCUT2D eigenvalue weighted by Crippen LogP contribution is -2.68. The molecule has 10 aliphatic rings. The van der Waals surface area contributed by atoms with Gasteiger partial charge in [-0.05, 0) is 185 Å². The number of fused-ring (bicyclic) bond motifs is 8. The van der Waals surface area contributed by atoms with Crippen molar-refractivity contribution in [2.45, 2.75) is 284 Å². The molecule has 4 unspecified atom stereocenters. The number of aliphatic hydroxyl groups is 1. The van der Waals surface area contributed by atoms with Gasteiger partial charge in [0.05, 0.1) is 43.1 Å². The van der Waals surface area contributed by atoms with Crippen molar-refractivity contribution >= 4 is 88.2 Å². The molecular formula is C78H124Cl2N12O13. The molecule has 6 bridgehead atoms. The summed E-state index contributed by atoms with van der Waals surface area (Å²) in [4.78, 5) is 181. The van der Waals surface area contributed by atoms with Crippen molar-refractivity contribution in [2.24, 2.45) is 29.6 Å². The van der Waals surface area contributed by atoms with Gasteiger partial charge in [0.1, 0.15) is 48.0 Å². The van der Waals surface area contributed by atoms with E-state index in [2.05, 4.69) is 28.1 Å². The molecule has 7 fully saturated rings. The first-order chi connectivity index (χ1) is 50.2. The summed E-state index contributed by atoms with van der Waals surface area (Å²) >= 11 is 13.4. The third-order valence-electron chi connectivity index (χ3n) is 25.3. The second kappa shape index (κ2) is 38.5. The summed E-state index contributed by atoms with van der Waals surface area (Å²) in [5.41, 5.74) is -1.46. The van der Waals surface area contributed by atoms with Crippen LogP contribution in [-0.2, 0) is 57.5 Å². The van der Waals surface area contributed by atoms with Crippen LogP contribution in [0, 0.1) is 29.6 Å². The second-order valence-electron chi connectivity index (χ2n) is 32.4. The number of carbonyl (C=O) groups is 11. The lowest BCUT2D eigenvalue weighted by Gasteiger charge is -2.48. The van der Waals surface area contributed by atoms with Gasteiger partial charge >= 0.3 is 0 Å². The van der Waals surface area contributed by atoms with Crippen LogP contribution in [0.5, 0.6) is 0 Å². The number of amides is 11. The number of carbonyl (C=O) groups excluding carboxylic acids is 11. The largest absolute Gasteiger partial charge is 0.377 e. The van der Waals surface area contributed by atoms with Gasteiger partial charge in [0, 0.05) is 79.8 Å². The van der Waals surface area contributed by atoms with E-state index in [9.17, 15) is 19.5 Å². The van der Waals surface area contributed by atoms with Crippen molar-refractivity contribution in [3.05, 3.63) is 24.3 Å². The van der Waals surface area contributed by atoms with E-state index < -0.39 is 151 Å². The van der Waals surface area contributed by atoms with E-state index in [-0.39, 0.29) is 105 Å². The molecule has 588 valence electrons. The smallest absolute Gasteiger partial charge is 0.248 e. The SMILES string of the molecule is CCO[C@@H]1C[C@H]2C(=O)NC3(CCC3)C(=O)N(C)[C@@H](C3CCCC3)C(O)N(C)[C@H](C(=O)N3CCCC3)CC(=O)N(C)[C@H]3CCCCC/C=C/C4CCC(CC4)C[C@@H](C(=O)N(C)CC(=O)N[C@@H](CCC4CCC(Cl)C(Cl)C4)C(=O)N2C1)N1CC/C=C\C[C@@H](C1=O)N(C)C(=O)CN(C)C(=O)[C@H]([C@@H](C)CC)NC3=O. The highest BCUT2D eigenvalue weighted by atomic mass is 35.5. The molecule has 6 heterocycles. The molecule has 0 aromatic rings. The summed E-state index contributed by atoms with van der Waals surface area (Å²) < 4.78 is 6.18. The van der Waals surface area contributed by atoms with Gasteiger partial charge in [-0.15, -0.1) is 23.2 Å². The number of aliphatic hydroxyl groups excluding tert-OH is 1. The third kappa shape index (κ3) is 20.5. The van der Waals surface area contributed by atoms with Crippen molar-refractivity contribution in [3.8, 4) is 0 Å². The molecular weight excluding hydrogens is 1380 g/mol. The number of alkyl halides is 2. The Kier molecular flexibility index (Phi) is 30.5. The first-order valence-corrected chi connectivity index (χ1v) is 40.8. The molecule has 0 aromatic carbocycles. The highest BCUT2D eigenvalue weighted by Crippen LogP contribution is 2.41. The molecule has 4 N–H and O–H groups in total. The van der Waals surface area contributed by atoms with Crippen LogP contribution >= 0.6 is 23.2 Å². The van der Waals surface area contributed by atoms with Crippen LogP contribution in [0.3, 0.4) is 0 Å². The molecule has 6 aliphatic heterocycles. The van der Waals surface area contributed by atoms with E-state index in [1.54, 1.807) is 23.9 Å². The van der Waals surface area contributed by atoms with Crippen LogP contribution in [0.15, 0.2) is 24.3 Å². The van der Waals surface area contributed by atoms with Crippen molar-refractivity contribution in [1.82, 2.24) is 60.0 Å². The minimum absolute atomic E-state index is 0.00252. The van der Waals surface area contributed by atoms with Crippen LogP contribution in [0.1, 0.15) is 207 Å². The number of hydrogen-bond acceptors (Lipinski definition) is 14. The summed E-state index contributed by atoms with van der Waals surface area (Å²) in [5.74, 6) is -6.25. The monoisotopic (exact) mass is 1510 g/mol. The van der Waals surface area contributed by atoms with Crippen molar-refractivity contribution in [3.63, 3.8) is 0 Å². The van der Waals surface area contributed by atoms with Crippen LogP contribution in [0.4, 0.5) is 0 Å². The van der Waals surface area contributed by atoms with Crippen LogP contribution < -0.4 is 16.0 Å². The number of rotatable bonds is 9. The topological polar surface area (TPSA) is 282 Å². The Morgan fingerprint density at radius 1 is 0.619 bits per heavy atom. The van der Waals surface area contributed by atoms with Gasteiger partial charge < -0.3 is 65.0 Å². The Morgan fingerprint density at radius 3 is 1.97 bits per heavy atom. The van der Waals surface area contributed by atoms with E-state index in [0.717, 1.165) is 70.6 Å². The van der Waals surface area contributed by atoms with Crippen LogP contribution in [-0.4, -0.2) is 279 Å². The van der Waals surface area contributed by atoms with Gasteiger partial charge in [0.25, 0.3) is 0 Å². The Bertz CT molecular complexity index is 3100. The third-order valence-corrected chi connectivity index (χ3v) is 26.4. The lowest BCUT2D eigenvalue weighted by molar-refractivity contribution is -0.160. The maximum atomic E-state index is 15.7. The number of nitrogens with one attached hydrogen (secondary N) is 3. The summed E-state index contributed by atoms with van der Waals surface area (Å²) in [7, 11) is 9.24. The number of ether oxygens (including phenoxy) is 1. The number of likely N-dealkylation sites (tertiary alicyclic amines) is 1. The molecule has 25 nitrogen and oxygen atoms in total. The summed E-state index contributed by atoms with van der Waals surface area (Å²) in [6.45, 7) is 5.82. The number of hydrogen-bond donors (Lipinski definition) is 4. The van der Waals surface area contributed by atoms with Gasteiger partial charge in [0.2, 0.25) is 65.0 Å². The molecule has 4 saturated carbocycles. The van der Waals surface area contributed by atoms with Gasteiger partial charge in [0.15, 0.2) is 0 Å². The lowest BCUT2D eigenvalue weighted by atomic mass is 9.74. The quantitative estimate of drug-likeness (QED) is 0.145. The number of nitrogens with zero attached hydrogens (tertiary/aromatic N) is 9. The average molecular weight is 1510 g/mol. The fourth-order valence-electron chi connectivity index (χ4n) is 18.1. The fourth-order valence-corrected chi connectivity index (χ4v) is 18.7. The van der Waals surface area contributed by atoms with E-state index in [1.165, 1.54) is 62.5 Å². The van der Waals surface area contributed by atoms with E-state index >= 15 is 38.4 Å². The van der Waals surface area contributed by atoms with Crippen molar-refractivity contribution in [2.75, 3.05) is 88.2 Å². The maximum Gasteiger partial charge on any atom is 0.248 e. The highest BCUT2D eigenvalue weighted by molar-refractivity contribution is 6.30. The molecule has 4 aliphatic carbocycles. The number of likely N-dealkylation sites (N-methyl/N-ethyl adjacent to an activating group) is 6.